The largest absolute Gasteiger partial charge is 0.491 e. The van der Waals surface area contributed by atoms with Crippen molar-refractivity contribution in [3.8, 4) is 5.75 Å². The molecule has 2 aliphatic rings. The van der Waals surface area contributed by atoms with Gasteiger partial charge in [0.15, 0.2) is 0 Å². The molecule has 20 heavy (non-hydrogen) atoms. The van der Waals surface area contributed by atoms with E-state index in [0.29, 0.717) is 11.6 Å². The fraction of sp³-hybridized carbons (Fsp3) is 0.625. The maximum atomic E-state index is 6.38. The average Bonchev–Trinajstić information content (AvgIpc) is 2.83. The van der Waals surface area contributed by atoms with E-state index in [2.05, 4.69) is 25.2 Å². The molecule has 1 atom stereocenters. The highest BCUT2D eigenvalue weighted by Crippen LogP contribution is 2.36. The van der Waals surface area contributed by atoms with Crippen molar-refractivity contribution in [3.63, 3.8) is 0 Å². The maximum absolute atomic E-state index is 6.38. The van der Waals surface area contributed by atoms with Crippen LogP contribution in [0, 0.1) is 5.41 Å². The molecule has 3 rings (SSSR count). The third-order valence-corrected chi connectivity index (χ3v) is 4.71. The second-order valence-corrected chi connectivity index (χ2v) is 7.01. The molecule has 1 unspecified atom stereocenters. The van der Waals surface area contributed by atoms with Gasteiger partial charge in [0.2, 0.25) is 0 Å². The number of nitrogens with one attached hydrogen (secondary N) is 1. The van der Waals surface area contributed by atoms with Crippen LogP contribution >= 0.6 is 11.6 Å². The molecule has 0 radical (unpaired) electrons. The van der Waals surface area contributed by atoms with Gasteiger partial charge in [0.05, 0.1) is 24.8 Å². The Balaban J connectivity index is 1.70. The quantitative estimate of drug-likeness (QED) is 0.924. The van der Waals surface area contributed by atoms with Crippen LogP contribution in [0.25, 0.3) is 0 Å². The number of hydrogen-bond acceptors (Lipinski definition) is 3. The van der Waals surface area contributed by atoms with Crippen molar-refractivity contribution in [2.24, 2.45) is 5.41 Å². The van der Waals surface area contributed by atoms with Crippen molar-refractivity contribution in [2.75, 3.05) is 26.4 Å². The minimum atomic E-state index is 0.0515. The predicted octanol–water partition coefficient (Wildman–Crippen LogP) is 3.35. The van der Waals surface area contributed by atoms with Gasteiger partial charge in [-0.1, -0.05) is 24.6 Å². The molecule has 1 N–H and O–H groups in total. The number of rotatable bonds is 4. The topological polar surface area (TPSA) is 30.5 Å². The zero-order valence-corrected chi connectivity index (χ0v) is 12.9. The van der Waals surface area contributed by atoms with Crippen LogP contribution in [-0.4, -0.2) is 26.4 Å². The van der Waals surface area contributed by atoms with Crippen LogP contribution in [0.3, 0.4) is 0 Å². The molecular weight excluding hydrogens is 274 g/mol. The first-order valence-electron chi connectivity index (χ1n) is 7.26. The summed E-state index contributed by atoms with van der Waals surface area (Å²) >= 11 is 6.38. The number of hydrogen-bond donors (Lipinski definition) is 1. The van der Waals surface area contributed by atoms with Gasteiger partial charge in [-0.15, -0.1) is 0 Å². The monoisotopic (exact) mass is 295 g/mol. The highest BCUT2D eigenvalue weighted by molar-refractivity contribution is 6.32. The summed E-state index contributed by atoms with van der Waals surface area (Å²) in [6, 6.07) is 6.15. The Bertz CT molecular complexity index is 493. The summed E-state index contributed by atoms with van der Waals surface area (Å²) in [5.41, 5.74) is 1.43. The van der Waals surface area contributed by atoms with Crippen LogP contribution in [0.4, 0.5) is 0 Å². The van der Waals surface area contributed by atoms with Gasteiger partial charge in [-0.05, 0) is 44.0 Å². The van der Waals surface area contributed by atoms with Crippen molar-refractivity contribution >= 4 is 11.6 Å². The van der Waals surface area contributed by atoms with Gasteiger partial charge in [0, 0.05) is 11.0 Å². The summed E-state index contributed by atoms with van der Waals surface area (Å²) in [7, 11) is 0. The Kier molecular flexibility index (Phi) is 3.69. The van der Waals surface area contributed by atoms with E-state index in [-0.39, 0.29) is 11.0 Å². The van der Waals surface area contributed by atoms with E-state index in [9.17, 15) is 0 Å². The second kappa shape index (κ2) is 5.21. The second-order valence-electron chi connectivity index (χ2n) is 6.60. The van der Waals surface area contributed by atoms with E-state index in [1.807, 2.05) is 12.1 Å². The van der Waals surface area contributed by atoms with Crippen molar-refractivity contribution in [3.05, 3.63) is 28.8 Å². The zero-order chi connectivity index (χ0) is 14.2. The lowest BCUT2D eigenvalue weighted by atomic mass is 9.90. The van der Waals surface area contributed by atoms with Crippen LogP contribution in [0.2, 0.25) is 5.02 Å². The van der Waals surface area contributed by atoms with Crippen LogP contribution < -0.4 is 10.1 Å². The summed E-state index contributed by atoms with van der Waals surface area (Å²) in [6.45, 7) is 7.67. The summed E-state index contributed by atoms with van der Waals surface area (Å²) in [4.78, 5) is 0. The van der Waals surface area contributed by atoms with Crippen molar-refractivity contribution in [1.29, 1.82) is 0 Å². The van der Waals surface area contributed by atoms with Gasteiger partial charge < -0.3 is 14.8 Å². The van der Waals surface area contributed by atoms with Gasteiger partial charge in [0.1, 0.15) is 5.75 Å². The Morgan fingerprint density at radius 3 is 2.70 bits per heavy atom. The molecule has 1 aromatic carbocycles. The lowest BCUT2D eigenvalue weighted by molar-refractivity contribution is -0.120. The van der Waals surface area contributed by atoms with E-state index in [0.717, 1.165) is 31.9 Å². The van der Waals surface area contributed by atoms with Crippen molar-refractivity contribution in [1.82, 2.24) is 5.32 Å². The molecular formula is C16H22ClNO2. The molecule has 0 saturated carbocycles. The molecule has 2 aliphatic heterocycles. The zero-order valence-electron chi connectivity index (χ0n) is 12.2. The number of ether oxygens (including phenoxy) is 2. The Morgan fingerprint density at radius 2 is 2.15 bits per heavy atom. The molecule has 1 aromatic rings. The first kappa shape index (κ1) is 14.2. The lowest BCUT2D eigenvalue weighted by Gasteiger charge is -2.37. The van der Waals surface area contributed by atoms with Gasteiger partial charge >= 0.3 is 0 Å². The van der Waals surface area contributed by atoms with Gasteiger partial charge in [-0.3, -0.25) is 0 Å². The average molecular weight is 296 g/mol. The number of benzene rings is 1. The normalized spacial score (nSPS) is 28.1. The van der Waals surface area contributed by atoms with E-state index in [1.165, 1.54) is 12.0 Å². The molecule has 0 spiro atoms. The summed E-state index contributed by atoms with van der Waals surface area (Å²) in [5, 5.41) is 4.25. The predicted molar refractivity (Wildman–Crippen MR) is 80.5 cm³/mol. The first-order valence-corrected chi connectivity index (χ1v) is 7.64. The highest BCUT2D eigenvalue weighted by atomic mass is 35.5. The molecule has 3 nitrogen and oxygen atoms in total. The molecule has 0 amide bonds. The smallest absolute Gasteiger partial charge is 0.137 e. The molecule has 2 fully saturated rings. The van der Waals surface area contributed by atoms with Gasteiger partial charge in [0.25, 0.3) is 0 Å². The fourth-order valence-corrected chi connectivity index (χ4v) is 3.12. The Morgan fingerprint density at radius 1 is 1.35 bits per heavy atom. The van der Waals surface area contributed by atoms with Crippen LogP contribution in [0.5, 0.6) is 5.75 Å². The molecule has 0 aromatic heterocycles. The lowest BCUT2D eigenvalue weighted by Crippen LogP contribution is -2.44. The molecule has 2 saturated heterocycles. The first-order chi connectivity index (χ1) is 9.51. The third-order valence-electron chi connectivity index (χ3n) is 4.41. The summed E-state index contributed by atoms with van der Waals surface area (Å²) < 4.78 is 11.1. The Hall–Kier alpha value is -0.770. The van der Waals surface area contributed by atoms with Crippen LogP contribution in [0.1, 0.15) is 32.3 Å². The van der Waals surface area contributed by atoms with Crippen molar-refractivity contribution in [2.45, 2.75) is 32.2 Å². The molecule has 0 bridgehead atoms. The van der Waals surface area contributed by atoms with E-state index in [4.69, 9.17) is 21.1 Å². The van der Waals surface area contributed by atoms with E-state index >= 15 is 0 Å². The minimum Gasteiger partial charge on any atom is -0.491 e. The fourth-order valence-electron chi connectivity index (χ4n) is 2.89. The van der Waals surface area contributed by atoms with Gasteiger partial charge in [-0.2, -0.15) is 0 Å². The minimum absolute atomic E-state index is 0.0515. The molecule has 110 valence electrons. The third kappa shape index (κ3) is 2.67. The van der Waals surface area contributed by atoms with E-state index < -0.39 is 0 Å². The summed E-state index contributed by atoms with van der Waals surface area (Å²) in [6.07, 6.45) is 2.36. The SMILES string of the molecule is CC1(COc2ccc(C3(C)CCCN3)cc2Cl)COC1. The highest BCUT2D eigenvalue weighted by Gasteiger charge is 2.35. The van der Waals surface area contributed by atoms with Crippen LogP contribution in [0.15, 0.2) is 18.2 Å². The Labute approximate surface area is 125 Å². The molecule has 4 heteroatoms. The van der Waals surface area contributed by atoms with Crippen molar-refractivity contribution < 1.29 is 9.47 Å². The van der Waals surface area contributed by atoms with E-state index in [1.54, 1.807) is 0 Å². The van der Waals surface area contributed by atoms with Gasteiger partial charge in [-0.25, -0.2) is 0 Å². The maximum Gasteiger partial charge on any atom is 0.137 e. The van der Waals surface area contributed by atoms with Crippen LogP contribution in [-0.2, 0) is 10.3 Å². The standard InChI is InChI=1S/C16H22ClNO2/c1-15(9-19-10-15)11-20-14-5-4-12(8-13(14)17)16(2)6-3-7-18-16/h4-5,8,18H,3,6-7,9-11H2,1-2H3. The molecule has 0 aliphatic carbocycles. The number of halogens is 1. The molecule has 2 heterocycles. The summed E-state index contributed by atoms with van der Waals surface area (Å²) in [5.74, 6) is 0.769.